The number of rotatable bonds is 1. The molecule has 0 aromatic heterocycles. The predicted molar refractivity (Wildman–Crippen MR) is 70.6 cm³/mol. The first-order chi connectivity index (χ1) is 8.13. The third kappa shape index (κ3) is 4.59. The van der Waals surface area contributed by atoms with Gasteiger partial charge in [-0.15, -0.1) is 0 Å². The van der Waals surface area contributed by atoms with Gasteiger partial charge in [-0.25, -0.2) is 4.79 Å². The summed E-state index contributed by atoms with van der Waals surface area (Å²) in [6.07, 6.45) is 9.00. The van der Waals surface area contributed by atoms with Crippen LogP contribution in [-0.2, 0) is 0 Å². The summed E-state index contributed by atoms with van der Waals surface area (Å²) in [5, 5.41) is 8.69. The molecule has 2 heteroatoms. The van der Waals surface area contributed by atoms with Crippen LogP contribution in [0.3, 0.4) is 0 Å². The summed E-state index contributed by atoms with van der Waals surface area (Å²) in [5.74, 6) is -0.855. The first-order valence-corrected chi connectivity index (χ1v) is 6.42. The molecule has 0 spiro atoms. The van der Waals surface area contributed by atoms with Crippen LogP contribution in [-0.4, -0.2) is 11.1 Å². The molecule has 94 valence electrons. The summed E-state index contributed by atoms with van der Waals surface area (Å²) in [5.41, 5.74) is 2.26. The van der Waals surface area contributed by atoms with Crippen LogP contribution in [0.2, 0.25) is 0 Å². The monoisotopic (exact) mass is 234 g/mol. The Morgan fingerprint density at radius 3 is 1.82 bits per heavy atom. The molecule has 1 saturated carbocycles. The van der Waals surface area contributed by atoms with Crippen molar-refractivity contribution in [3.63, 3.8) is 0 Å². The minimum atomic E-state index is -0.855. The van der Waals surface area contributed by atoms with Crippen LogP contribution in [0.4, 0.5) is 0 Å². The van der Waals surface area contributed by atoms with Crippen molar-refractivity contribution in [2.75, 3.05) is 0 Å². The quantitative estimate of drug-likeness (QED) is 0.784. The number of hydrogen-bond acceptors (Lipinski definition) is 1. The van der Waals surface area contributed by atoms with Gasteiger partial charge in [0.1, 0.15) is 0 Å². The summed E-state index contributed by atoms with van der Waals surface area (Å²) in [7, 11) is 0. The molecule has 0 unspecified atom stereocenters. The van der Waals surface area contributed by atoms with Crippen molar-refractivity contribution in [2.24, 2.45) is 0 Å². The number of aromatic carboxylic acids is 1. The van der Waals surface area contributed by atoms with Gasteiger partial charge in [-0.05, 0) is 31.0 Å². The van der Waals surface area contributed by atoms with Crippen molar-refractivity contribution in [1.29, 1.82) is 0 Å². The van der Waals surface area contributed by atoms with Gasteiger partial charge in [-0.3, -0.25) is 0 Å². The molecule has 0 amide bonds. The van der Waals surface area contributed by atoms with Crippen molar-refractivity contribution in [3.05, 3.63) is 34.9 Å². The Morgan fingerprint density at radius 1 is 1.00 bits per heavy atom. The molecule has 0 bridgehead atoms. The summed E-state index contributed by atoms with van der Waals surface area (Å²) >= 11 is 0. The minimum absolute atomic E-state index is 0.394. The van der Waals surface area contributed by atoms with E-state index < -0.39 is 5.97 Å². The molecule has 0 aliphatic heterocycles. The van der Waals surface area contributed by atoms with E-state index in [1.54, 1.807) is 12.1 Å². The first kappa shape index (κ1) is 13.8. The van der Waals surface area contributed by atoms with Gasteiger partial charge in [0, 0.05) is 0 Å². The van der Waals surface area contributed by atoms with Crippen LogP contribution in [0.1, 0.15) is 60.0 Å². The zero-order valence-corrected chi connectivity index (χ0v) is 10.8. The molecular formula is C15H22O2. The normalized spacial score (nSPS) is 14.7. The van der Waals surface area contributed by atoms with E-state index in [9.17, 15) is 4.79 Å². The van der Waals surface area contributed by atoms with Crippen LogP contribution < -0.4 is 0 Å². The smallest absolute Gasteiger partial charge is 0.335 e. The zero-order valence-electron chi connectivity index (χ0n) is 10.8. The Hall–Kier alpha value is -1.31. The standard InChI is InChI=1S/C9H10O2.C6H12/c1-6-4-3-5-8(7(6)2)9(10)11;1-2-4-6-5-3-1/h3-5H,1-2H3,(H,10,11);1-6H2. The SMILES string of the molecule is C1CCCCC1.Cc1cccc(C(=O)O)c1C. The molecule has 1 aromatic carbocycles. The lowest BCUT2D eigenvalue weighted by molar-refractivity contribution is 0.0696. The van der Waals surface area contributed by atoms with Crippen LogP contribution in [0.5, 0.6) is 0 Å². The Labute approximate surface area is 104 Å². The fourth-order valence-electron chi connectivity index (χ4n) is 2.04. The van der Waals surface area contributed by atoms with Gasteiger partial charge in [-0.1, -0.05) is 50.7 Å². The van der Waals surface area contributed by atoms with Crippen LogP contribution in [0.25, 0.3) is 0 Å². The number of carboxylic acids is 1. The number of aryl methyl sites for hydroxylation is 1. The molecule has 1 aromatic rings. The molecule has 2 rings (SSSR count). The van der Waals surface area contributed by atoms with Gasteiger partial charge in [0.15, 0.2) is 0 Å². The lowest BCUT2D eigenvalue weighted by Gasteiger charge is -2.05. The summed E-state index contributed by atoms with van der Waals surface area (Å²) in [6.45, 7) is 3.72. The predicted octanol–water partition coefficient (Wildman–Crippen LogP) is 4.34. The molecule has 0 heterocycles. The van der Waals surface area contributed by atoms with E-state index in [0.29, 0.717) is 5.56 Å². The van der Waals surface area contributed by atoms with Gasteiger partial charge in [0.05, 0.1) is 5.56 Å². The van der Waals surface area contributed by atoms with Crippen molar-refractivity contribution < 1.29 is 9.90 Å². The lowest BCUT2D eigenvalue weighted by Crippen LogP contribution is -2.00. The molecular weight excluding hydrogens is 212 g/mol. The van der Waals surface area contributed by atoms with E-state index in [-0.39, 0.29) is 0 Å². The molecule has 0 atom stereocenters. The Morgan fingerprint density at radius 2 is 1.47 bits per heavy atom. The van der Waals surface area contributed by atoms with Gasteiger partial charge in [-0.2, -0.15) is 0 Å². The summed E-state index contributed by atoms with van der Waals surface area (Å²) in [4.78, 5) is 10.6. The highest BCUT2D eigenvalue weighted by Gasteiger charge is 2.06. The van der Waals surface area contributed by atoms with E-state index >= 15 is 0 Å². The maximum atomic E-state index is 10.6. The number of hydrogen-bond donors (Lipinski definition) is 1. The molecule has 1 aliphatic rings. The van der Waals surface area contributed by atoms with Crippen molar-refractivity contribution >= 4 is 5.97 Å². The minimum Gasteiger partial charge on any atom is -0.478 e. The Balaban J connectivity index is 0.000000202. The fraction of sp³-hybridized carbons (Fsp3) is 0.533. The molecule has 1 aliphatic carbocycles. The Bertz CT molecular complexity index is 354. The highest BCUT2D eigenvalue weighted by molar-refractivity contribution is 5.89. The fourth-order valence-corrected chi connectivity index (χ4v) is 2.04. The van der Waals surface area contributed by atoms with Crippen molar-refractivity contribution in [3.8, 4) is 0 Å². The number of carboxylic acid groups (broad SMARTS) is 1. The third-order valence-electron chi connectivity index (χ3n) is 3.34. The molecule has 2 nitrogen and oxygen atoms in total. The number of carbonyl (C=O) groups is 1. The zero-order chi connectivity index (χ0) is 12.7. The molecule has 0 radical (unpaired) electrons. The molecule has 0 saturated heterocycles. The second kappa shape index (κ2) is 7.10. The van der Waals surface area contributed by atoms with E-state index in [1.165, 1.54) is 38.5 Å². The van der Waals surface area contributed by atoms with Crippen LogP contribution >= 0.6 is 0 Å². The van der Waals surface area contributed by atoms with Gasteiger partial charge >= 0.3 is 5.97 Å². The van der Waals surface area contributed by atoms with E-state index in [2.05, 4.69) is 0 Å². The second-order valence-corrected chi connectivity index (χ2v) is 4.67. The Kier molecular flexibility index (Phi) is 5.75. The van der Waals surface area contributed by atoms with E-state index in [4.69, 9.17) is 5.11 Å². The van der Waals surface area contributed by atoms with Gasteiger partial charge < -0.3 is 5.11 Å². The first-order valence-electron chi connectivity index (χ1n) is 6.42. The maximum Gasteiger partial charge on any atom is 0.335 e. The third-order valence-corrected chi connectivity index (χ3v) is 3.34. The highest BCUT2D eigenvalue weighted by atomic mass is 16.4. The summed E-state index contributed by atoms with van der Waals surface area (Å²) < 4.78 is 0. The van der Waals surface area contributed by atoms with Crippen molar-refractivity contribution in [1.82, 2.24) is 0 Å². The van der Waals surface area contributed by atoms with Crippen molar-refractivity contribution in [2.45, 2.75) is 52.4 Å². The maximum absolute atomic E-state index is 10.6. The van der Waals surface area contributed by atoms with E-state index in [1.807, 2.05) is 19.9 Å². The van der Waals surface area contributed by atoms with Gasteiger partial charge in [0.2, 0.25) is 0 Å². The van der Waals surface area contributed by atoms with Gasteiger partial charge in [0.25, 0.3) is 0 Å². The number of benzene rings is 1. The molecule has 1 N–H and O–H groups in total. The molecule has 17 heavy (non-hydrogen) atoms. The van der Waals surface area contributed by atoms with Crippen LogP contribution in [0.15, 0.2) is 18.2 Å². The average Bonchev–Trinajstić information content (AvgIpc) is 2.35. The highest BCUT2D eigenvalue weighted by Crippen LogP contribution is 2.15. The second-order valence-electron chi connectivity index (χ2n) is 4.67. The van der Waals surface area contributed by atoms with Crippen LogP contribution in [0, 0.1) is 13.8 Å². The molecule has 1 fully saturated rings. The van der Waals surface area contributed by atoms with E-state index in [0.717, 1.165) is 11.1 Å². The lowest BCUT2D eigenvalue weighted by atomic mass is 10.0. The average molecular weight is 234 g/mol. The largest absolute Gasteiger partial charge is 0.478 e. The topological polar surface area (TPSA) is 37.3 Å². The summed E-state index contributed by atoms with van der Waals surface area (Å²) in [6, 6.07) is 5.28.